The average Bonchev–Trinajstić information content (AvgIpc) is 3.01. The third kappa shape index (κ3) is 3.88. The number of nitrogens with one attached hydrogen (secondary N) is 1. The SMILES string of the molecule is CSC1(CNC(=O)CC2(CC(=O)O)CCCC2)CC1. The van der Waals surface area contributed by atoms with E-state index in [2.05, 4.69) is 11.6 Å². The zero-order chi connectivity index (χ0) is 13.9. The van der Waals surface area contributed by atoms with Crippen molar-refractivity contribution in [2.45, 2.75) is 56.1 Å². The van der Waals surface area contributed by atoms with Crippen molar-refractivity contribution >= 4 is 23.6 Å². The predicted octanol–water partition coefficient (Wildman–Crippen LogP) is 2.42. The molecule has 0 aliphatic heterocycles. The van der Waals surface area contributed by atoms with E-state index in [0.29, 0.717) is 6.42 Å². The average molecular weight is 285 g/mol. The highest BCUT2D eigenvalue weighted by Crippen LogP contribution is 2.47. The van der Waals surface area contributed by atoms with Crippen LogP contribution in [0.2, 0.25) is 0 Å². The number of carboxylic acid groups (broad SMARTS) is 1. The van der Waals surface area contributed by atoms with Gasteiger partial charge in [0.1, 0.15) is 0 Å². The highest BCUT2D eigenvalue weighted by atomic mass is 32.2. The Kier molecular flexibility index (Phi) is 4.43. The molecule has 0 radical (unpaired) electrons. The van der Waals surface area contributed by atoms with E-state index in [4.69, 9.17) is 5.11 Å². The standard InChI is InChI=1S/C14H23NO3S/c1-19-14(6-7-14)10-15-11(16)8-13(9-12(17)18)4-2-3-5-13/h2-10H2,1H3,(H,15,16)(H,17,18). The molecule has 2 aliphatic rings. The molecule has 0 heterocycles. The van der Waals surface area contributed by atoms with E-state index in [1.807, 2.05) is 11.8 Å². The van der Waals surface area contributed by atoms with Crippen molar-refractivity contribution in [3.8, 4) is 0 Å². The van der Waals surface area contributed by atoms with Crippen LogP contribution in [-0.2, 0) is 9.59 Å². The fourth-order valence-electron chi connectivity index (χ4n) is 3.12. The summed E-state index contributed by atoms with van der Waals surface area (Å²) in [6.45, 7) is 0.732. The minimum atomic E-state index is -0.780. The molecule has 108 valence electrons. The molecule has 0 aromatic heterocycles. The Morgan fingerprint density at radius 2 is 1.79 bits per heavy atom. The van der Waals surface area contributed by atoms with Crippen LogP contribution in [-0.4, -0.2) is 34.5 Å². The lowest BCUT2D eigenvalue weighted by atomic mass is 9.79. The number of carbonyl (C=O) groups excluding carboxylic acids is 1. The number of rotatable bonds is 7. The zero-order valence-corrected chi connectivity index (χ0v) is 12.4. The van der Waals surface area contributed by atoms with Crippen LogP contribution in [0.5, 0.6) is 0 Å². The second-order valence-corrected chi connectivity index (χ2v) is 7.39. The summed E-state index contributed by atoms with van der Waals surface area (Å²) in [5.41, 5.74) is -0.286. The Morgan fingerprint density at radius 1 is 1.16 bits per heavy atom. The molecule has 1 amide bonds. The summed E-state index contributed by atoms with van der Waals surface area (Å²) >= 11 is 1.82. The lowest BCUT2D eigenvalue weighted by molar-refractivity contribution is -0.140. The van der Waals surface area contributed by atoms with Crippen molar-refractivity contribution in [3.05, 3.63) is 0 Å². The van der Waals surface area contributed by atoms with Crippen LogP contribution < -0.4 is 5.32 Å². The number of amides is 1. The molecule has 0 unspecified atom stereocenters. The number of thioether (sulfide) groups is 1. The maximum atomic E-state index is 12.1. The van der Waals surface area contributed by atoms with Gasteiger partial charge >= 0.3 is 5.97 Å². The van der Waals surface area contributed by atoms with Crippen LogP contribution in [0, 0.1) is 5.41 Å². The van der Waals surface area contributed by atoms with Gasteiger partial charge in [-0.1, -0.05) is 12.8 Å². The summed E-state index contributed by atoms with van der Waals surface area (Å²) in [6.07, 6.45) is 8.80. The molecule has 2 N–H and O–H groups in total. The number of hydrogen-bond donors (Lipinski definition) is 2. The summed E-state index contributed by atoms with van der Waals surface area (Å²) < 4.78 is 0.269. The maximum absolute atomic E-state index is 12.1. The van der Waals surface area contributed by atoms with E-state index in [1.165, 1.54) is 12.8 Å². The largest absolute Gasteiger partial charge is 0.481 e. The molecule has 0 aromatic carbocycles. The second-order valence-electron chi connectivity index (χ2n) is 6.12. The molecule has 0 bridgehead atoms. The fraction of sp³-hybridized carbons (Fsp3) is 0.857. The van der Waals surface area contributed by atoms with Gasteiger partial charge in [-0.2, -0.15) is 11.8 Å². The summed E-state index contributed by atoms with van der Waals surface area (Å²) in [7, 11) is 0. The van der Waals surface area contributed by atoms with Crippen molar-refractivity contribution in [1.82, 2.24) is 5.32 Å². The molecule has 2 rings (SSSR count). The Bertz CT molecular complexity index is 360. The van der Waals surface area contributed by atoms with E-state index < -0.39 is 5.97 Å². The van der Waals surface area contributed by atoms with E-state index in [9.17, 15) is 9.59 Å². The topological polar surface area (TPSA) is 66.4 Å². The first-order valence-corrected chi connectivity index (χ1v) is 8.25. The van der Waals surface area contributed by atoms with Gasteiger partial charge in [0.15, 0.2) is 0 Å². The maximum Gasteiger partial charge on any atom is 0.303 e. The van der Waals surface area contributed by atoms with Gasteiger partial charge in [-0.25, -0.2) is 0 Å². The Balaban J connectivity index is 1.83. The molecular weight excluding hydrogens is 262 g/mol. The molecule has 0 spiro atoms. The van der Waals surface area contributed by atoms with Crippen LogP contribution >= 0.6 is 11.8 Å². The first-order chi connectivity index (χ1) is 8.99. The van der Waals surface area contributed by atoms with Crippen molar-refractivity contribution in [2.24, 2.45) is 5.41 Å². The Labute approximate surface area is 118 Å². The van der Waals surface area contributed by atoms with E-state index >= 15 is 0 Å². The van der Waals surface area contributed by atoms with Gasteiger partial charge < -0.3 is 10.4 Å². The highest BCUT2D eigenvalue weighted by Gasteiger charge is 2.43. The van der Waals surface area contributed by atoms with Crippen molar-refractivity contribution in [3.63, 3.8) is 0 Å². The smallest absolute Gasteiger partial charge is 0.303 e. The van der Waals surface area contributed by atoms with Gasteiger partial charge in [0.05, 0.1) is 6.42 Å². The minimum Gasteiger partial charge on any atom is -0.481 e. The molecule has 0 atom stereocenters. The van der Waals surface area contributed by atoms with Gasteiger partial charge in [-0.3, -0.25) is 9.59 Å². The molecule has 2 saturated carbocycles. The fourth-order valence-corrected chi connectivity index (χ4v) is 3.84. The van der Waals surface area contributed by atoms with Crippen LogP contribution in [0.15, 0.2) is 0 Å². The summed E-state index contributed by atoms with van der Waals surface area (Å²) in [5.74, 6) is -0.749. The molecule has 0 aromatic rings. The minimum absolute atomic E-state index is 0.0310. The zero-order valence-electron chi connectivity index (χ0n) is 11.5. The number of carboxylic acids is 1. The van der Waals surface area contributed by atoms with Crippen molar-refractivity contribution < 1.29 is 14.7 Å². The van der Waals surface area contributed by atoms with Gasteiger partial charge in [0.2, 0.25) is 5.91 Å². The monoisotopic (exact) mass is 285 g/mol. The molecule has 5 heteroatoms. The molecule has 2 aliphatic carbocycles. The molecule has 0 saturated heterocycles. The third-order valence-electron chi connectivity index (χ3n) is 4.57. The third-order valence-corrected chi connectivity index (χ3v) is 5.99. The number of hydrogen-bond acceptors (Lipinski definition) is 3. The molecule has 4 nitrogen and oxygen atoms in total. The quantitative estimate of drug-likeness (QED) is 0.754. The number of aliphatic carboxylic acids is 1. The van der Waals surface area contributed by atoms with E-state index in [-0.39, 0.29) is 22.5 Å². The second kappa shape index (κ2) is 5.73. The molecular formula is C14H23NO3S. The van der Waals surface area contributed by atoms with E-state index in [0.717, 1.165) is 32.2 Å². The summed E-state index contributed by atoms with van der Waals surface area (Å²) in [5, 5.41) is 12.0. The predicted molar refractivity (Wildman–Crippen MR) is 76.3 cm³/mol. The van der Waals surface area contributed by atoms with Crippen LogP contribution in [0.4, 0.5) is 0 Å². The Morgan fingerprint density at radius 3 is 2.26 bits per heavy atom. The van der Waals surface area contributed by atoms with Gasteiger partial charge in [-0.05, 0) is 37.4 Å². The van der Waals surface area contributed by atoms with Gasteiger partial charge in [0, 0.05) is 17.7 Å². The Hall–Kier alpha value is -0.710. The normalized spacial score (nSPS) is 23.0. The molecule has 2 fully saturated rings. The van der Waals surface area contributed by atoms with Crippen LogP contribution in [0.3, 0.4) is 0 Å². The van der Waals surface area contributed by atoms with Gasteiger partial charge in [0.25, 0.3) is 0 Å². The van der Waals surface area contributed by atoms with Crippen molar-refractivity contribution in [2.75, 3.05) is 12.8 Å². The number of carbonyl (C=O) groups is 2. The first kappa shape index (κ1) is 14.7. The molecule has 19 heavy (non-hydrogen) atoms. The van der Waals surface area contributed by atoms with E-state index in [1.54, 1.807) is 0 Å². The van der Waals surface area contributed by atoms with Crippen LogP contribution in [0.25, 0.3) is 0 Å². The highest BCUT2D eigenvalue weighted by molar-refractivity contribution is 8.00. The van der Waals surface area contributed by atoms with Crippen molar-refractivity contribution in [1.29, 1.82) is 0 Å². The lowest BCUT2D eigenvalue weighted by Gasteiger charge is -2.26. The lowest BCUT2D eigenvalue weighted by Crippen LogP contribution is -2.36. The van der Waals surface area contributed by atoms with Crippen LogP contribution in [0.1, 0.15) is 51.4 Å². The van der Waals surface area contributed by atoms with Gasteiger partial charge in [-0.15, -0.1) is 0 Å². The summed E-state index contributed by atoms with van der Waals surface area (Å²) in [4.78, 5) is 23.0. The summed E-state index contributed by atoms with van der Waals surface area (Å²) in [6, 6.07) is 0. The first-order valence-electron chi connectivity index (χ1n) is 7.03.